The molecule has 11 nitrogen and oxygen atoms in total. The first-order valence-corrected chi connectivity index (χ1v) is 12.9. The molecule has 2 aromatic carbocycles. The van der Waals surface area contributed by atoms with Gasteiger partial charge in [-0.3, -0.25) is 15.1 Å². The maximum atomic E-state index is 15.0. The summed E-state index contributed by atoms with van der Waals surface area (Å²) in [4.78, 5) is 41.2. The first-order chi connectivity index (χ1) is 19.3. The predicted octanol–water partition coefficient (Wildman–Crippen LogP) is 4.41. The molecule has 40 heavy (non-hydrogen) atoms. The van der Waals surface area contributed by atoms with Crippen LogP contribution in [0.5, 0.6) is 11.6 Å². The second-order valence-corrected chi connectivity index (χ2v) is 10.1. The summed E-state index contributed by atoms with van der Waals surface area (Å²) in [6, 6.07) is 6.61. The molecular formula is C27H21FN6O5S. The molecule has 0 spiro atoms. The van der Waals surface area contributed by atoms with Crippen LogP contribution in [0.4, 0.5) is 14.9 Å². The monoisotopic (exact) mass is 560 g/mol. The average molecular weight is 561 g/mol. The molecule has 1 atom stereocenters. The summed E-state index contributed by atoms with van der Waals surface area (Å²) in [7, 11) is 1.53. The number of nitrogens with two attached hydrogens (primary N) is 1. The summed E-state index contributed by atoms with van der Waals surface area (Å²) in [5.41, 5.74) is 9.86. The molecule has 0 bridgehead atoms. The zero-order valence-electron chi connectivity index (χ0n) is 21.2. The van der Waals surface area contributed by atoms with Crippen LogP contribution in [0, 0.1) is 12.7 Å². The molecule has 2 amide bonds. The highest BCUT2D eigenvalue weighted by Crippen LogP contribution is 2.43. The van der Waals surface area contributed by atoms with Crippen LogP contribution in [0.3, 0.4) is 0 Å². The minimum atomic E-state index is -0.780. The van der Waals surface area contributed by atoms with E-state index in [9.17, 15) is 9.59 Å². The molecule has 3 aromatic heterocycles. The summed E-state index contributed by atoms with van der Waals surface area (Å²) in [5.74, 6) is -0.693. The summed E-state index contributed by atoms with van der Waals surface area (Å²) in [6.07, 6.45) is 3.13. The first-order valence-electron chi connectivity index (χ1n) is 12.1. The number of nitrogens with one attached hydrogen (secondary N) is 1. The number of fused-ring (bicyclic) bond motifs is 4. The average Bonchev–Trinajstić information content (AvgIpc) is 3.56. The van der Waals surface area contributed by atoms with Crippen molar-refractivity contribution in [2.75, 3.05) is 19.0 Å². The van der Waals surface area contributed by atoms with Crippen LogP contribution in [-0.4, -0.2) is 51.8 Å². The van der Waals surface area contributed by atoms with Crippen LogP contribution in [0.15, 0.2) is 42.9 Å². The minimum Gasteiger partial charge on any atom is -0.483 e. The van der Waals surface area contributed by atoms with Gasteiger partial charge in [-0.25, -0.2) is 24.1 Å². The Kier molecular flexibility index (Phi) is 6.34. The van der Waals surface area contributed by atoms with Crippen molar-refractivity contribution in [1.82, 2.24) is 19.9 Å². The third-order valence-electron chi connectivity index (χ3n) is 6.28. The third-order valence-corrected chi connectivity index (χ3v) is 7.44. The molecule has 4 heterocycles. The zero-order valence-corrected chi connectivity index (χ0v) is 22.0. The molecule has 202 valence electrons. The maximum absolute atomic E-state index is 15.0. The Morgan fingerprint density at radius 1 is 1.18 bits per heavy atom. The van der Waals surface area contributed by atoms with Crippen molar-refractivity contribution >= 4 is 50.3 Å². The van der Waals surface area contributed by atoms with E-state index >= 15 is 4.39 Å². The first kappa shape index (κ1) is 25.4. The SMILES string of the molecule is COc1cnc2c(-c3nc4cc(F)c5c(c4s3)CC(COC(=O)Nc3cncc(C(N)=O)c3)O5)cc(C)cc2n1. The van der Waals surface area contributed by atoms with Gasteiger partial charge >= 0.3 is 6.09 Å². The molecule has 6 rings (SSSR count). The quantitative estimate of drug-likeness (QED) is 0.308. The number of anilines is 1. The van der Waals surface area contributed by atoms with Gasteiger partial charge in [0.25, 0.3) is 0 Å². The number of nitrogens with zero attached hydrogens (tertiary/aromatic N) is 4. The van der Waals surface area contributed by atoms with Crippen LogP contribution < -0.4 is 20.5 Å². The van der Waals surface area contributed by atoms with E-state index in [2.05, 4.69) is 20.3 Å². The normalized spacial score (nSPS) is 14.1. The van der Waals surface area contributed by atoms with Crippen molar-refractivity contribution in [2.45, 2.75) is 19.4 Å². The third kappa shape index (κ3) is 4.71. The fourth-order valence-corrected chi connectivity index (χ4v) is 5.62. The molecular weight excluding hydrogens is 539 g/mol. The van der Waals surface area contributed by atoms with Gasteiger partial charge in [-0.05, 0) is 30.7 Å². The molecule has 5 aromatic rings. The van der Waals surface area contributed by atoms with Gasteiger partial charge in [-0.1, -0.05) is 0 Å². The van der Waals surface area contributed by atoms with E-state index in [4.69, 9.17) is 24.9 Å². The van der Waals surface area contributed by atoms with Crippen LogP contribution in [0.2, 0.25) is 0 Å². The van der Waals surface area contributed by atoms with Gasteiger partial charge in [0.05, 0.1) is 52.0 Å². The Labute approximate surface area is 230 Å². The second-order valence-electron chi connectivity index (χ2n) is 9.12. The number of thiazole rings is 1. The van der Waals surface area contributed by atoms with E-state index < -0.39 is 23.9 Å². The lowest BCUT2D eigenvalue weighted by atomic mass is 10.1. The lowest BCUT2D eigenvalue weighted by molar-refractivity contribution is 0.0994. The Morgan fingerprint density at radius 3 is 2.83 bits per heavy atom. The molecule has 3 N–H and O–H groups in total. The van der Waals surface area contributed by atoms with E-state index in [1.165, 1.54) is 43.0 Å². The Morgan fingerprint density at radius 2 is 2.02 bits per heavy atom. The van der Waals surface area contributed by atoms with Crippen LogP contribution in [-0.2, 0) is 11.2 Å². The number of ether oxygens (including phenoxy) is 3. The van der Waals surface area contributed by atoms with E-state index in [0.717, 1.165) is 15.8 Å². The minimum absolute atomic E-state index is 0.119. The molecule has 1 aliphatic rings. The standard InChI is InChI=1S/C27H21FN6O5S/c1-12-3-16(22-19(4-12)33-21(37-2)10-31-22)26-34-20-7-18(28)23-17(24(20)40-26)6-15(39-23)11-38-27(36)32-14-5-13(25(29)35)8-30-9-14/h3-5,7-10,15H,6,11H2,1-2H3,(H2,29,35)(H,32,36). The summed E-state index contributed by atoms with van der Waals surface area (Å²) in [5, 5.41) is 3.15. The smallest absolute Gasteiger partial charge is 0.411 e. The van der Waals surface area contributed by atoms with Gasteiger partial charge in [0.2, 0.25) is 11.8 Å². The van der Waals surface area contributed by atoms with Gasteiger partial charge in [-0.15, -0.1) is 11.3 Å². The number of carbonyl (C=O) groups excluding carboxylic acids is 2. The van der Waals surface area contributed by atoms with Gasteiger partial charge in [0, 0.05) is 29.8 Å². The fraction of sp³-hybridized carbons (Fsp3) is 0.185. The summed E-state index contributed by atoms with van der Waals surface area (Å²) >= 11 is 1.41. The van der Waals surface area contributed by atoms with Crippen LogP contribution in [0.25, 0.3) is 31.8 Å². The number of primary amides is 1. The number of hydrogen-bond donors (Lipinski definition) is 2. The highest BCUT2D eigenvalue weighted by atomic mass is 32.1. The number of aryl methyl sites for hydroxylation is 1. The van der Waals surface area contributed by atoms with E-state index in [0.29, 0.717) is 39.4 Å². The largest absolute Gasteiger partial charge is 0.483 e. The Balaban J connectivity index is 1.23. The maximum Gasteiger partial charge on any atom is 0.411 e. The van der Waals surface area contributed by atoms with Crippen molar-refractivity contribution < 1.29 is 28.2 Å². The number of carbonyl (C=O) groups is 2. The lowest BCUT2D eigenvalue weighted by Gasteiger charge is -2.12. The zero-order chi connectivity index (χ0) is 28.0. The van der Waals surface area contributed by atoms with Crippen molar-refractivity contribution in [3.05, 3.63) is 65.4 Å². The fourth-order valence-electron chi connectivity index (χ4n) is 4.51. The molecule has 0 radical (unpaired) electrons. The molecule has 0 saturated heterocycles. The van der Waals surface area contributed by atoms with Crippen molar-refractivity contribution in [3.8, 4) is 22.2 Å². The molecule has 0 aliphatic carbocycles. The number of pyridine rings is 1. The number of amides is 2. The van der Waals surface area contributed by atoms with Crippen molar-refractivity contribution in [3.63, 3.8) is 0 Å². The molecule has 1 unspecified atom stereocenters. The van der Waals surface area contributed by atoms with Gasteiger partial charge in [0.1, 0.15) is 17.7 Å². The topological polar surface area (TPSA) is 151 Å². The van der Waals surface area contributed by atoms with Gasteiger partial charge in [0.15, 0.2) is 11.6 Å². The van der Waals surface area contributed by atoms with Crippen LogP contribution in [0.1, 0.15) is 21.5 Å². The Hall–Kier alpha value is -4.91. The molecule has 0 saturated carbocycles. The predicted molar refractivity (Wildman–Crippen MR) is 145 cm³/mol. The number of methoxy groups -OCH3 is 1. The van der Waals surface area contributed by atoms with E-state index in [1.54, 1.807) is 6.20 Å². The number of benzene rings is 2. The number of halogens is 1. The van der Waals surface area contributed by atoms with E-state index in [1.807, 2.05) is 19.1 Å². The molecule has 13 heteroatoms. The van der Waals surface area contributed by atoms with E-state index in [-0.39, 0.29) is 23.6 Å². The number of rotatable bonds is 6. The Bertz CT molecular complexity index is 1830. The van der Waals surface area contributed by atoms with Crippen molar-refractivity contribution in [1.29, 1.82) is 0 Å². The van der Waals surface area contributed by atoms with Crippen LogP contribution >= 0.6 is 11.3 Å². The molecule has 1 aliphatic heterocycles. The number of aromatic nitrogens is 4. The lowest BCUT2D eigenvalue weighted by Crippen LogP contribution is -2.25. The number of hydrogen-bond acceptors (Lipinski definition) is 10. The highest BCUT2D eigenvalue weighted by Gasteiger charge is 2.31. The van der Waals surface area contributed by atoms with Gasteiger partial charge in [-0.2, -0.15) is 0 Å². The van der Waals surface area contributed by atoms with Gasteiger partial charge < -0.3 is 19.9 Å². The highest BCUT2D eigenvalue weighted by molar-refractivity contribution is 7.22. The summed E-state index contributed by atoms with van der Waals surface area (Å²) in [6.45, 7) is 1.82. The molecule has 0 fully saturated rings. The van der Waals surface area contributed by atoms with Crippen molar-refractivity contribution in [2.24, 2.45) is 5.73 Å². The summed E-state index contributed by atoms with van der Waals surface area (Å²) < 4.78 is 32.1. The second kappa shape index (κ2) is 10.0.